The molecule has 1 aliphatic rings. The minimum atomic E-state index is -0.0321. The first-order valence-electron chi connectivity index (χ1n) is 6.76. The summed E-state index contributed by atoms with van der Waals surface area (Å²) in [6, 6.07) is 12.7. The normalized spacial score (nSPS) is 11.8. The molecule has 3 nitrogen and oxygen atoms in total. The molecule has 0 unspecified atom stereocenters. The molecule has 0 saturated carbocycles. The summed E-state index contributed by atoms with van der Waals surface area (Å²) in [6.45, 7) is 1.53. The summed E-state index contributed by atoms with van der Waals surface area (Å²) in [5, 5.41) is 2.84. The third-order valence-electron chi connectivity index (χ3n) is 3.70. The van der Waals surface area contributed by atoms with Crippen molar-refractivity contribution in [2.24, 2.45) is 0 Å². The number of anilines is 2. The quantitative estimate of drug-likeness (QED) is 0.772. The minimum Gasteiger partial charge on any atom is -0.378 e. The highest BCUT2D eigenvalue weighted by molar-refractivity contribution is 5.90. The Labute approximate surface area is 119 Å². The van der Waals surface area contributed by atoms with E-state index >= 15 is 0 Å². The Balaban J connectivity index is 1.99. The molecule has 20 heavy (non-hydrogen) atoms. The second-order valence-corrected chi connectivity index (χ2v) is 5.47. The van der Waals surface area contributed by atoms with Gasteiger partial charge < -0.3 is 10.2 Å². The highest BCUT2D eigenvalue weighted by Crippen LogP contribution is 2.39. The summed E-state index contributed by atoms with van der Waals surface area (Å²) in [6.07, 6.45) is 0.930. The zero-order chi connectivity index (χ0) is 14.3. The number of carbonyl (C=O) groups is 1. The molecule has 0 fully saturated rings. The lowest BCUT2D eigenvalue weighted by Gasteiger charge is -2.13. The van der Waals surface area contributed by atoms with Crippen LogP contribution in [0.15, 0.2) is 36.4 Å². The molecule has 0 radical (unpaired) electrons. The maximum absolute atomic E-state index is 11.1. The second-order valence-electron chi connectivity index (χ2n) is 5.47. The highest BCUT2D eigenvalue weighted by atomic mass is 16.1. The largest absolute Gasteiger partial charge is 0.378 e. The van der Waals surface area contributed by atoms with Crippen LogP contribution in [0.5, 0.6) is 0 Å². The number of benzene rings is 2. The number of rotatable bonds is 2. The van der Waals surface area contributed by atoms with Crippen molar-refractivity contribution in [1.82, 2.24) is 0 Å². The van der Waals surface area contributed by atoms with Crippen LogP contribution in [0, 0.1) is 0 Å². The van der Waals surface area contributed by atoms with Gasteiger partial charge in [-0.05, 0) is 52.9 Å². The lowest BCUT2D eigenvalue weighted by atomic mass is 10.0. The van der Waals surface area contributed by atoms with Crippen LogP contribution < -0.4 is 10.2 Å². The Kier molecular flexibility index (Phi) is 2.97. The number of hydrogen-bond acceptors (Lipinski definition) is 2. The van der Waals surface area contributed by atoms with E-state index in [1.54, 1.807) is 0 Å². The summed E-state index contributed by atoms with van der Waals surface area (Å²) in [7, 11) is 4.11. The van der Waals surface area contributed by atoms with Crippen LogP contribution in [-0.2, 0) is 11.2 Å². The van der Waals surface area contributed by atoms with Crippen LogP contribution in [0.2, 0.25) is 0 Å². The van der Waals surface area contributed by atoms with E-state index in [1.807, 2.05) is 6.07 Å². The average molecular weight is 266 g/mol. The molecule has 0 spiro atoms. The average Bonchev–Trinajstić information content (AvgIpc) is 2.74. The molecule has 0 aromatic heterocycles. The molecular formula is C17H18N2O. The van der Waals surface area contributed by atoms with Crippen LogP contribution in [0.4, 0.5) is 11.4 Å². The summed E-state index contributed by atoms with van der Waals surface area (Å²) in [5.41, 5.74) is 7.31. The van der Waals surface area contributed by atoms with Crippen molar-refractivity contribution in [3.8, 4) is 11.1 Å². The van der Waals surface area contributed by atoms with Crippen LogP contribution in [0.3, 0.4) is 0 Å². The fourth-order valence-electron chi connectivity index (χ4n) is 2.76. The van der Waals surface area contributed by atoms with E-state index in [0.717, 1.165) is 12.1 Å². The van der Waals surface area contributed by atoms with Crippen LogP contribution >= 0.6 is 0 Å². The standard InChI is InChI=1S/C17H18N2O/c1-11(20)18-14-4-6-16-12(9-14)8-13-10-15(19(2)3)5-7-17(13)16/h4-7,9-10H,8H2,1-3H3,(H,18,20). The van der Waals surface area contributed by atoms with Gasteiger partial charge in [0.15, 0.2) is 0 Å². The smallest absolute Gasteiger partial charge is 0.221 e. The maximum Gasteiger partial charge on any atom is 0.221 e. The lowest BCUT2D eigenvalue weighted by Crippen LogP contribution is -2.08. The first-order chi connectivity index (χ1) is 9.54. The van der Waals surface area contributed by atoms with Crippen molar-refractivity contribution in [3.63, 3.8) is 0 Å². The first kappa shape index (κ1) is 12.7. The summed E-state index contributed by atoms with van der Waals surface area (Å²) in [4.78, 5) is 13.3. The third kappa shape index (κ3) is 2.16. The number of fused-ring (bicyclic) bond motifs is 3. The molecule has 0 bridgehead atoms. The van der Waals surface area contributed by atoms with Crippen LogP contribution in [0.25, 0.3) is 11.1 Å². The van der Waals surface area contributed by atoms with Gasteiger partial charge in [-0.1, -0.05) is 12.1 Å². The Hall–Kier alpha value is -2.29. The van der Waals surface area contributed by atoms with Gasteiger partial charge >= 0.3 is 0 Å². The van der Waals surface area contributed by atoms with E-state index in [-0.39, 0.29) is 5.91 Å². The Bertz CT molecular complexity index is 689. The molecule has 0 aliphatic heterocycles. The van der Waals surface area contributed by atoms with Gasteiger partial charge in [-0.15, -0.1) is 0 Å². The molecule has 1 amide bonds. The molecule has 2 aromatic rings. The number of nitrogens with one attached hydrogen (secondary N) is 1. The summed E-state index contributed by atoms with van der Waals surface area (Å²) in [5.74, 6) is -0.0321. The van der Waals surface area contributed by atoms with Gasteiger partial charge in [0.25, 0.3) is 0 Å². The van der Waals surface area contributed by atoms with E-state index in [1.165, 1.54) is 34.9 Å². The molecule has 102 valence electrons. The number of hydrogen-bond donors (Lipinski definition) is 1. The molecule has 2 aromatic carbocycles. The zero-order valence-corrected chi connectivity index (χ0v) is 12.0. The lowest BCUT2D eigenvalue weighted by molar-refractivity contribution is -0.114. The SMILES string of the molecule is CC(=O)Nc1ccc2c(c1)Cc1cc(N(C)C)ccc1-2. The summed E-state index contributed by atoms with van der Waals surface area (Å²) >= 11 is 0. The molecule has 1 aliphatic carbocycles. The predicted octanol–water partition coefficient (Wildman–Crippen LogP) is 3.28. The van der Waals surface area contributed by atoms with E-state index in [0.29, 0.717) is 0 Å². The van der Waals surface area contributed by atoms with Gasteiger partial charge in [-0.2, -0.15) is 0 Å². The van der Waals surface area contributed by atoms with Crippen molar-refractivity contribution >= 4 is 17.3 Å². The molecule has 3 rings (SSSR count). The maximum atomic E-state index is 11.1. The molecule has 1 N–H and O–H groups in total. The molecule has 3 heteroatoms. The topological polar surface area (TPSA) is 32.3 Å². The van der Waals surface area contributed by atoms with Gasteiger partial charge in [0.05, 0.1) is 0 Å². The van der Waals surface area contributed by atoms with Gasteiger partial charge in [0.2, 0.25) is 5.91 Å². The van der Waals surface area contributed by atoms with E-state index in [9.17, 15) is 4.79 Å². The van der Waals surface area contributed by atoms with Crippen molar-refractivity contribution < 1.29 is 4.79 Å². The molecule has 0 heterocycles. The van der Waals surface area contributed by atoms with Crippen molar-refractivity contribution in [1.29, 1.82) is 0 Å². The Morgan fingerprint density at radius 2 is 1.70 bits per heavy atom. The fraction of sp³-hybridized carbons (Fsp3) is 0.235. The zero-order valence-electron chi connectivity index (χ0n) is 12.0. The summed E-state index contributed by atoms with van der Waals surface area (Å²) < 4.78 is 0. The Morgan fingerprint density at radius 3 is 2.35 bits per heavy atom. The molecule has 0 atom stereocenters. The van der Waals surface area contributed by atoms with Crippen LogP contribution in [0.1, 0.15) is 18.1 Å². The molecule has 0 saturated heterocycles. The number of amides is 1. The fourth-order valence-corrected chi connectivity index (χ4v) is 2.76. The van der Waals surface area contributed by atoms with Crippen molar-refractivity contribution in [2.75, 3.05) is 24.3 Å². The van der Waals surface area contributed by atoms with E-state index in [2.05, 4.69) is 54.6 Å². The van der Waals surface area contributed by atoms with Crippen molar-refractivity contribution in [3.05, 3.63) is 47.5 Å². The van der Waals surface area contributed by atoms with Gasteiger partial charge in [-0.25, -0.2) is 0 Å². The van der Waals surface area contributed by atoms with Crippen molar-refractivity contribution in [2.45, 2.75) is 13.3 Å². The van der Waals surface area contributed by atoms with E-state index in [4.69, 9.17) is 0 Å². The second kappa shape index (κ2) is 4.67. The number of nitrogens with zero attached hydrogens (tertiary/aromatic N) is 1. The highest BCUT2D eigenvalue weighted by Gasteiger charge is 2.19. The van der Waals surface area contributed by atoms with Gasteiger partial charge in [0.1, 0.15) is 0 Å². The van der Waals surface area contributed by atoms with Crippen LogP contribution in [-0.4, -0.2) is 20.0 Å². The predicted molar refractivity (Wildman–Crippen MR) is 83.3 cm³/mol. The van der Waals surface area contributed by atoms with E-state index < -0.39 is 0 Å². The third-order valence-corrected chi connectivity index (χ3v) is 3.70. The minimum absolute atomic E-state index is 0.0321. The molecular weight excluding hydrogens is 248 g/mol. The monoisotopic (exact) mass is 266 g/mol. The van der Waals surface area contributed by atoms with Gasteiger partial charge in [-0.3, -0.25) is 4.79 Å². The Morgan fingerprint density at radius 1 is 1.05 bits per heavy atom. The van der Waals surface area contributed by atoms with Gasteiger partial charge in [0, 0.05) is 32.4 Å². The first-order valence-corrected chi connectivity index (χ1v) is 6.76. The number of carbonyl (C=O) groups excluding carboxylic acids is 1.